The maximum absolute atomic E-state index is 12.5. The number of carbonyl (C=O) groups is 1. The van der Waals surface area contributed by atoms with Crippen molar-refractivity contribution in [3.63, 3.8) is 0 Å². The second-order valence-corrected chi connectivity index (χ2v) is 10.2. The van der Waals surface area contributed by atoms with E-state index in [2.05, 4.69) is 0 Å². The molecule has 9 rings (SSSR count). The zero-order valence-electron chi connectivity index (χ0n) is 22.5. The van der Waals surface area contributed by atoms with Crippen LogP contribution < -0.4 is 15.7 Å². The summed E-state index contributed by atoms with van der Waals surface area (Å²) in [7, 11) is 0. The van der Waals surface area contributed by atoms with Crippen LogP contribution in [0.3, 0.4) is 0 Å². The van der Waals surface area contributed by atoms with Crippen LogP contribution in [0.15, 0.2) is 91.0 Å². The molecule has 1 amide bonds. The SMILES string of the molecule is NC(=O)c1cccc2c3nc4nc(nc5[n-]c(nc6nc(nc([n-]3)c12)-c1ccccc1-6)c1ccccc51)-c1ccccc1-4.[Cu+2]. The minimum atomic E-state index is -0.592. The Balaban J connectivity index is 0.00000289. The molecular weight excluding hydrogens is 602 g/mol. The van der Waals surface area contributed by atoms with Gasteiger partial charge >= 0.3 is 17.1 Å². The smallest absolute Gasteiger partial charge is 0.366 e. The molecule has 4 aromatic carbocycles. The van der Waals surface area contributed by atoms with E-state index < -0.39 is 5.91 Å². The molecule has 0 saturated carbocycles. The van der Waals surface area contributed by atoms with Gasteiger partial charge in [-0.05, 0) is 22.2 Å². The van der Waals surface area contributed by atoms with Gasteiger partial charge in [0.2, 0.25) is 5.91 Å². The van der Waals surface area contributed by atoms with Gasteiger partial charge in [-0.3, -0.25) is 4.79 Å². The first-order valence-corrected chi connectivity index (χ1v) is 13.5. The minimum absolute atomic E-state index is 0. The summed E-state index contributed by atoms with van der Waals surface area (Å²) < 4.78 is 0. The molecule has 0 saturated heterocycles. The summed E-state index contributed by atoms with van der Waals surface area (Å²) in [4.78, 5) is 51.5. The van der Waals surface area contributed by atoms with Crippen LogP contribution in [0, 0.1) is 0 Å². The van der Waals surface area contributed by atoms with E-state index in [-0.39, 0.29) is 22.7 Å². The minimum Gasteiger partial charge on any atom is -0.366 e. The van der Waals surface area contributed by atoms with Crippen molar-refractivity contribution in [3.8, 4) is 45.6 Å². The van der Waals surface area contributed by atoms with E-state index in [0.717, 1.165) is 33.0 Å². The van der Waals surface area contributed by atoms with Crippen LogP contribution in [0.25, 0.3) is 89.7 Å². The molecule has 0 fully saturated rings. The Hall–Kier alpha value is -5.77. The normalized spacial score (nSPS) is 11.6. The van der Waals surface area contributed by atoms with Gasteiger partial charge in [0.05, 0.1) is 23.3 Å². The van der Waals surface area contributed by atoms with Crippen molar-refractivity contribution < 1.29 is 21.9 Å². The average Bonchev–Trinajstić information content (AvgIpc) is 3.76. The Morgan fingerprint density at radius 1 is 0.477 bits per heavy atom. The fourth-order valence-electron chi connectivity index (χ4n) is 5.76. The van der Waals surface area contributed by atoms with Gasteiger partial charge in [0, 0.05) is 55.8 Å². The molecule has 44 heavy (non-hydrogen) atoms. The molecule has 211 valence electrons. The van der Waals surface area contributed by atoms with Crippen molar-refractivity contribution in [2.24, 2.45) is 5.73 Å². The van der Waals surface area contributed by atoms with E-state index in [1.54, 1.807) is 12.1 Å². The summed E-state index contributed by atoms with van der Waals surface area (Å²) in [6.07, 6.45) is 0. The number of nitrogens with zero attached hydrogens (tertiary/aromatic N) is 8. The molecule has 1 radical (unpaired) electrons. The third-order valence-corrected chi connectivity index (χ3v) is 7.72. The number of nitrogens with two attached hydrogens (primary N) is 1. The van der Waals surface area contributed by atoms with E-state index >= 15 is 0 Å². The van der Waals surface area contributed by atoms with Crippen molar-refractivity contribution >= 4 is 50.0 Å². The van der Waals surface area contributed by atoms with Crippen molar-refractivity contribution in [2.45, 2.75) is 0 Å². The molecule has 5 heterocycles. The topological polar surface area (TPSA) is 149 Å². The van der Waals surface area contributed by atoms with Crippen LogP contribution in [0.5, 0.6) is 0 Å². The van der Waals surface area contributed by atoms with Gasteiger partial charge in [-0.25, -0.2) is 9.97 Å². The maximum Gasteiger partial charge on any atom is 2.00 e. The van der Waals surface area contributed by atoms with E-state index in [9.17, 15) is 4.79 Å². The predicted molar refractivity (Wildman–Crippen MR) is 163 cm³/mol. The molecule has 0 spiro atoms. The van der Waals surface area contributed by atoms with Gasteiger partial charge < -0.3 is 35.6 Å². The summed E-state index contributed by atoms with van der Waals surface area (Å²) in [5.41, 5.74) is 10.9. The maximum atomic E-state index is 12.5. The van der Waals surface area contributed by atoms with Crippen molar-refractivity contribution in [1.29, 1.82) is 0 Å². The number of amides is 1. The number of benzene rings is 4. The molecule has 0 atom stereocenters. The predicted octanol–water partition coefficient (Wildman–Crippen LogP) is 5.22. The number of primary amides is 1. The Labute approximate surface area is 259 Å². The zero-order valence-corrected chi connectivity index (χ0v) is 23.5. The van der Waals surface area contributed by atoms with Gasteiger partial charge in [-0.15, -0.1) is 0 Å². The van der Waals surface area contributed by atoms with Crippen molar-refractivity contribution in [2.75, 3.05) is 0 Å². The van der Waals surface area contributed by atoms with Gasteiger partial charge in [0.25, 0.3) is 0 Å². The number of hydrogen-bond acceptors (Lipinski definition) is 7. The second kappa shape index (κ2) is 9.63. The molecule has 7 aromatic rings. The molecule has 0 aliphatic carbocycles. The fourth-order valence-corrected chi connectivity index (χ4v) is 5.76. The quantitative estimate of drug-likeness (QED) is 0.244. The van der Waals surface area contributed by atoms with Gasteiger partial charge in [-0.1, -0.05) is 84.9 Å². The number of aromatic nitrogens is 8. The van der Waals surface area contributed by atoms with Crippen molar-refractivity contribution in [1.82, 2.24) is 39.9 Å². The van der Waals surface area contributed by atoms with Crippen LogP contribution in [0.4, 0.5) is 0 Å². The third kappa shape index (κ3) is 3.77. The monoisotopic (exact) mass is 618 g/mol. The fraction of sp³-hybridized carbons (Fsp3) is 0. The van der Waals surface area contributed by atoms with E-state index in [1.807, 2.05) is 78.9 Å². The number of hydrogen-bond donors (Lipinski definition) is 1. The Bertz CT molecular complexity index is 2510. The Morgan fingerprint density at radius 2 is 0.864 bits per heavy atom. The van der Waals surface area contributed by atoms with E-state index in [1.165, 1.54) is 0 Å². The molecule has 0 unspecified atom stereocenters. The third-order valence-electron chi connectivity index (χ3n) is 7.72. The van der Waals surface area contributed by atoms with Crippen LogP contribution in [0.2, 0.25) is 0 Å². The van der Waals surface area contributed by atoms with Gasteiger partial charge in [0.1, 0.15) is 0 Å². The van der Waals surface area contributed by atoms with Crippen LogP contribution >= 0.6 is 0 Å². The number of carbonyl (C=O) groups excluding carboxylic acids is 1. The summed E-state index contributed by atoms with van der Waals surface area (Å²) >= 11 is 0. The van der Waals surface area contributed by atoms with Crippen LogP contribution in [-0.4, -0.2) is 35.8 Å². The summed E-state index contributed by atoms with van der Waals surface area (Å²) in [6, 6.07) is 28.6. The zero-order chi connectivity index (χ0) is 28.7. The van der Waals surface area contributed by atoms with Crippen LogP contribution in [-0.2, 0) is 17.1 Å². The van der Waals surface area contributed by atoms with Gasteiger partial charge in [-0.2, -0.15) is 0 Å². The average molecular weight is 619 g/mol. The number of fused-ring (bicyclic) bond motifs is 20. The van der Waals surface area contributed by atoms with Crippen molar-refractivity contribution in [3.05, 3.63) is 96.6 Å². The Morgan fingerprint density at radius 3 is 1.34 bits per heavy atom. The van der Waals surface area contributed by atoms with Gasteiger partial charge in [0.15, 0.2) is 0 Å². The molecule has 2 aliphatic rings. The second-order valence-electron chi connectivity index (χ2n) is 10.2. The molecule has 10 nitrogen and oxygen atoms in total. The standard InChI is InChI=1S/C33H18N9O.Cu/c34-25(43)22-14-7-15-23-24(22)33-41-31-21-13-6-5-12-20(21)29(39-31)37-27-17-9-2-1-8-16(17)26(35-27)36-28-18-10-3-4-11-19(18)30(38-28)40-32(23)42-33;/h1-15H,(H3-,34,35,36,37,38,39,40,41,42,43);/q-1;+2/p-1. The van der Waals surface area contributed by atoms with E-state index in [4.69, 9.17) is 45.6 Å². The summed E-state index contributed by atoms with van der Waals surface area (Å²) in [6.45, 7) is 0. The molecule has 3 aromatic heterocycles. The van der Waals surface area contributed by atoms with E-state index in [0.29, 0.717) is 56.6 Å². The first-order valence-electron chi connectivity index (χ1n) is 13.5. The Kier molecular flexibility index (Phi) is 5.67. The number of rotatable bonds is 1. The largest absolute Gasteiger partial charge is 2.00 e. The molecule has 2 aliphatic heterocycles. The molecule has 2 N–H and O–H groups in total. The molecule has 11 heteroatoms. The first-order chi connectivity index (χ1) is 21.1. The molecular formula is C33H17CuN9O. The first kappa shape index (κ1) is 25.9. The summed E-state index contributed by atoms with van der Waals surface area (Å²) in [5.74, 6) is 1.20. The molecule has 8 bridgehead atoms. The summed E-state index contributed by atoms with van der Waals surface area (Å²) in [5, 5.41) is 2.82. The van der Waals surface area contributed by atoms with Crippen LogP contribution in [0.1, 0.15) is 10.4 Å².